The first kappa shape index (κ1) is 22.6. The van der Waals surface area contributed by atoms with E-state index >= 15 is 0 Å². The van der Waals surface area contributed by atoms with Crippen LogP contribution in [0.25, 0.3) is 0 Å². The van der Waals surface area contributed by atoms with Crippen molar-refractivity contribution < 1.29 is 19.7 Å². The Morgan fingerprint density at radius 1 is 1.16 bits per heavy atom. The van der Waals surface area contributed by atoms with Gasteiger partial charge in [0, 0.05) is 32.0 Å². The van der Waals surface area contributed by atoms with Crippen molar-refractivity contribution in [2.45, 2.75) is 97.2 Å². The first-order valence-corrected chi connectivity index (χ1v) is 10.1. The fourth-order valence-electron chi connectivity index (χ4n) is 3.76. The highest BCUT2D eigenvalue weighted by molar-refractivity contribution is 5.80. The van der Waals surface area contributed by atoms with Crippen molar-refractivity contribution in [1.29, 1.82) is 0 Å². The molecule has 0 aromatic carbocycles. The highest BCUT2D eigenvalue weighted by atomic mass is 16.5. The van der Waals surface area contributed by atoms with Crippen LogP contribution in [-0.2, 0) is 9.53 Å². The average molecular weight is 357 g/mol. The molecule has 1 saturated heterocycles. The molecular formula is C21H40O4. The lowest BCUT2D eigenvalue weighted by molar-refractivity contribution is -0.178. The predicted molar refractivity (Wildman–Crippen MR) is 102 cm³/mol. The summed E-state index contributed by atoms with van der Waals surface area (Å²) in [4.78, 5) is 12.4. The summed E-state index contributed by atoms with van der Waals surface area (Å²) in [5, 5.41) is 20.4. The number of ketones is 1. The Bertz CT molecular complexity index is 409. The molecule has 0 spiro atoms. The van der Waals surface area contributed by atoms with Crippen molar-refractivity contribution in [3.05, 3.63) is 0 Å². The molecule has 4 nitrogen and oxygen atoms in total. The van der Waals surface area contributed by atoms with Crippen LogP contribution in [0.3, 0.4) is 0 Å². The van der Waals surface area contributed by atoms with Gasteiger partial charge in [-0.2, -0.15) is 0 Å². The molecular weight excluding hydrogens is 316 g/mol. The predicted octanol–water partition coefficient (Wildman–Crippen LogP) is 4.12. The van der Waals surface area contributed by atoms with E-state index < -0.39 is 11.2 Å². The Balaban J connectivity index is 2.57. The summed E-state index contributed by atoms with van der Waals surface area (Å²) in [5.74, 6) is 1.36. The topological polar surface area (TPSA) is 66.8 Å². The molecule has 0 aromatic heterocycles. The maximum Gasteiger partial charge on any atom is 0.135 e. The number of carbonyl (C=O) groups excluding carboxylic acids is 1. The third kappa shape index (κ3) is 6.33. The normalized spacial score (nSPS) is 30.1. The Morgan fingerprint density at radius 2 is 1.84 bits per heavy atom. The molecule has 4 heteroatoms. The van der Waals surface area contributed by atoms with Crippen LogP contribution >= 0.6 is 0 Å². The Hall–Kier alpha value is -0.450. The molecule has 4 atom stereocenters. The van der Waals surface area contributed by atoms with Crippen LogP contribution in [0.5, 0.6) is 0 Å². The summed E-state index contributed by atoms with van der Waals surface area (Å²) in [6, 6.07) is 0. The number of aliphatic hydroxyl groups is 2. The molecule has 0 aromatic rings. The zero-order chi connectivity index (χ0) is 19.1. The maximum atomic E-state index is 12.4. The fraction of sp³-hybridized carbons (Fsp3) is 0.952. The minimum absolute atomic E-state index is 0.0303. The quantitative estimate of drug-likeness (QED) is 0.618. The van der Waals surface area contributed by atoms with Crippen LogP contribution in [0.4, 0.5) is 0 Å². The first-order valence-electron chi connectivity index (χ1n) is 10.1. The van der Waals surface area contributed by atoms with E-state index in [9.17, 15) is 15.0 Å². The number of aliphatic hydroxyl groups excluding tert-OH is 1. The molecule has 2 N–H and O–H groups in total. The summed E-state index contributed by atoms with van der Waals surface area (Å²) in [6.45, 7) is 11.1. The van der Waals surface area contributed by atoms with E-state index in [0.717, 1.165) is 32.1 Å². The lowest BCUT2D eigenvalue weighted by atomic mass is 9.75. The second-order valence-corrected chi connectivity index (χ2v) is 8.73. The molecule has 0 radical (unpaired) electrons. The number of carbonyl (C=O) groups is 1. The highest BCUT2D eigenvalue weighted by Gasteiger charge is 2.47. The molecule has 0 bridgehead atoms. The van der Waals surface area contributed by atoms with Crippen molar-refractivity contribution in [2.24, 2.45) is 17.8 Å². The van der Waals surface area contributed by atoms with Gasteiger partial charge in [-0.05, 0) is 57.3 Å². The Labute approximate surface area is 154 Å². The molecule has 1 rings (SSSR count). The zero-order valence-electron chi connectivity index (χ0n) is 17.0. The van der Waals surface area contributed by atoms with E-state index in [1.807, 2.05) is 13.8 Å². The van der Waals surface area contributed by atoms with Gasteiger partial charge in [-0.15, -0.1) is 0 Å². The smallest absolute Gasteiger partial charge is 0.135 e. The number of hydrogen-bond donors (Lipinski definition) is 2. The molecule has 1 aliphatic rings. The third-order valence-corrected chi connectivity index (χ3v) is 6.42. The SMILES string of the molecule is CC(CCC[C@]1(C)OCCCC[C@@]1(O)CCO)C(=O)CC(C)C(C)C. The van der Waals surface area contributed by atoms with Gasteiger partial charge in [0.2, 0.25) is 0 Å². The van der Waals surface area contributed by atoms with Gasteiger partial charge in [0.15, 0.2) is 0 Å². The zero-order valence-corrected chi connectivity index (χ0v) is 17.0. The van der Waals surface area contributed by atoms with Crippen LogP contribution in [-0.4, -0.2) is 40.4 Å². The van der Waals surface area contributed by atoms with Gasteiger partial charge in [0.1, 0.15) is 5.78 Å². The minimum Gasteiger partial charge on any atom is -0.396 e. The van der Waals surface area contributed by atoms with Gasteiger partial charge in [-0.1, -0.05) is 27.7 Å². The molecule has 2 unspecified atom stereocenters. The molecule has 1 heterocycles. The maximum absolute atomic E-state index is 12.4. The molecule has 0 amide bonds. The van der Waals surface area contributed by atoms with Crippen LogP contribution in [0.1, 0.15) is 86.0 Å². The molecule has 1 aliphatic heterocycles. The average Bonchev–Trinajstić information content (AvgIpc) is 2.67. The van der Waals surface area contributed by atoms with Crippen molar-refractivity contribution >= 4 is 5.78 Å². The van der Waals surface area contributed by atoms with Crippen molar-refractivity contribution in [1.82, 2.24) is 0 Å². The fourth-order valence-corrected chi connectivity index (χ4v) is 3.76. The van der Waals surface area contributed by atoms with Crippen molar-refractivity contribution in [3.8, 4) is 0 Å². The largest absolute Gasteiger partial charge is 0.396 e. The number of hydrogen-bond acceptors (Lipinski definition) is 4. The van der Waals surface area contributed by atoms with Crippen molar-refractivity contribution in [2.75, 3.05) is 13.2 Å². The van der Waals surface area contributed by atoms with E-state index in [2.05, 4.69) is 20.8 Å². The molecule has 1 fully saturated rings. The first-order chi connectivity index (χ1) is 11.6. The summed E-state index contributed by atoms with van der Waals surface area (Å²) >= 11 is 0. The second-order valence-electron chi connectivity index (χ2n) is 8.73. The Kier molecular flexibility index (Phi) is 9.07. The Morgan fingerprint density at radius 3 is 2.44 bits per heavy atom. The summed E-state index contributed by atoms with van der Waals surface area (Å²) in [6.07, 6.45) is 5.96. The van der Waals surface area contributed by atoms with Gasteiger partial charge in [0.25, 0.3) is 0 Å². The van der Waals surface area contributed by atoms with E-state index in [-0.39, 0.29) is 12.5 Å². The van der Waals surface area contributed by atoms with Crippen LogP contribution in [0.15, 0.2) is 0 Å². The van der Waals surface area contributed by atoms with Gasteiger partial charge >= 0.3 is 0 Å². The standard InChI is InChI=1S/C21H40O4/c1-16(2)18(4)15-19(23)17(3)9-8-10-20(5)21(24,12-13-22)11-6-7-14-25-20/h16-18,22,24H,6-15H2,1-5H3/t17?,18?,20-,21+/m0/s1. The minimum atomic E-state index is -0.975. The van der Waals surface area contributed by atoms with Gasteiger partial charge in [0.05, 0.1) is 11.2 Å². The van der Waals surface area contributed by atoms with Crippen LogP contribution < -0.4 is 0 Å². The van der Waals surface area contributed by atoms with E-state index in [0.29, 0.717) is 43.5 Å². The van der Waals surface area contributed by atoms with E-state index in [1.165, 1.54) is 0 Å². The van der Waals surface area contributed by atoms with Gasteiger partial charge in [-0.3, -0.25) is 4.79 Å². The summed E-state index contributed by atoms with van der Waals surface area (Å²) in [5.41, 5.74) is -1.61. The summed E-state index contributed by atoms with van der Waals surface area (Å²) < 4.78 is 6.05. The van der Waals surface area contributed by atoms with E-state index in [4.69, 9.17) is 4.74 Å². The number of rotatable bonds is 10. The van der Waals surface area contributed by atoms with Crippen LogP contribution in [0, 0.1) is 17.8 Å². The monoisotopic (exact) mass is 356 g/mol. The van der Waals surface area contributed by atoms with Gasteiger partial charge in [-0.25, -0.2) is 0 Å². The highest BCUT2D eigenvalue weighted by Crippen LogP contribution is 2.40. The van der Waals surface area contributed by atoms with E-state index in [1.54, 1.807) is 0 Å². The van der Waals surface area contributed by atoms with Crippen LogP contribution in [0.2, 0.25) is 0 Å². The lowest BCUT2D eigenvalue weighted by Gasteiger charge is -2.44. The number of ether oxygens (including phenoxy) is 1. The lowest BCUT2D eigenvalue weighted by Crippen LogP contribution is -2.53. The van der Waals surface area contributed by atoms with Crippen molar-refractivity contribution in [3.63, 3.8) is 0 Å². The molecule has 0 aliphatic carbocycles. The second kappa shape index (κ2) is 10.0. The molecule has 148 valence electrons. The molecule has 0 saturated carbocycles. The summed E-state index contributed by atoms with van der Waals surface area (Å²) in [7, 11) is 0. The number of Topliss-reactive ketones (excluding diaryl/α,β-unsaturated/α-hetero) is 1. The molecule has 25 heavy (non-hydrogen) atoms. The third-order valence-electron chi connectivity index (χ3n) is 6.42. The van der Waals surface area contributed by atoms with Gasteiger partial charge < -0.3 is 14.9 Å².